The van der Waals surface area contributed by atoms with E-state index in [0.717, 1.165) is 5.92 Å². The molecule has 0 saturated carbocycles. The maximum atomic E-state index is 8.70. The van der Waals surface area contributed by atoms with Gasteiger partial charge in [-0.2, -0.15) is 10.0 Å². The summed E-state index contributed by atoms with van der Waals surface area (Å²) in [6.45, 7) is 6.92. The van der Waals surface area contributed by atoms with Gasteiger partial charge in [0.2, 0.25) is 0 Å². The van der Waals surface area contributed by atoms with Crippen molar-refractivity contribution < 1.29 is 5.11 Å². The van der Waals surface area contributed by atoms with Gasteiger partial charge in [0, 0.05) is 0 Å². The summed E-state index contributed by atoms with van der Waals surface area (Å²) in [5.74, 6) is 3.13. The zero-order valence-electron chi connectivity index (χ0n) is 9.05. The Hall–Kier alpha value is -0.290. The van der Waals surface area contributed by atoms with Crippen molar-refractivity contribution in [2.24, 2.45) is 11.3 Å². The SMILES string of the molecule is CC1CC(C)(C)CS(C)(C#CO)C1. The first-order chi connectivity index (χ1) is 5.87. The van der Waals surface area contributed by atoms with Crippen molar-refractivity contribution in [3.05, 3.63) is 0 Å². The van der Waals surface area contributed by atoms with E-state index in [4.69, 9.17) is 5.11 Å². The fourth-order valence-electron chi connectivity index (χ4n) is 2.80. The fraction of sp³-hybridized carbons (Fsp3) is 0.818. The Morgan fingerprint density at radius 3 is 2.54 bits per heavy atom. The van der Waals surface area contributed by atoms with Gasteiger partial charge < -0.3 is 5.11 Å². The van der Waals surface area contributed by atoms with E-state index in [0.29, 0.717) is 5.41 Å². The third kappa shape index (κ3) is 2.84. The Morgan fingerprint density at radius 1 is 1.46 bits per heavy atom. The molecule has 0 aromatic carbocycles. The molecule has 76 valence electrons. The van der Waals surface area contributed by atoms with Crippen molar-refractivity contribution in [1.29, 1.82) is 0 Å². The third-order valence-electron chi connectivity index (χ3n) is 2.55. The zero-order chi connectivity index (χ0) is 10.1. The van der Waals surface area contributed by atoms with Crippen LogP contribution in [0.5, 0.6) is 0 Å². The predicted octanol–water partition coefficient (Wildman–Crippen LogP) is 2.78. The van der Waals surface area contributed by atoms with Crippen LogP contribution in [0, 0.1) is 22.7 Å². The van der Waals surface area contributed by atoms with Crippen molar-refractivity contribution in [3.63, 3.8) is 0 Å². The van der Waals surface area contributed by atoms with Crippen LogP contribution < -0.4 is 0 Å². The molecule has 0 aromatic rings. The molecule has 1 aliphatic rings. The van der Waals surface area contributed by atoms with E-state index in [-0.39, 0.29) is 0 Å². The summed E-state index contributed by atoms with van der Waals surface area (Å²) in [5.41, 5.74) is 0.408. The molecule has 2 heteroatoms. The molecule has 1 fully saturated rings. The molecule has 0 amide bonds. The van der Waals surface area contributed by atoms with Crippen LogP contribution in [0.25, 0.3) is 0 Å². The molecule has 1 aliphatic heterocycles. The van der Waals surface area contributed by atoms with Crippen LogP contribution in [-0.4, -0.2) is 22.9 Å². The molecule has 1 rings (SSSR count). The van der Waals surface area contributed by atoms with E-state index < -0.39 is 10.0 Å². The van der Waals surface area contributed by atoms with Gasteiger partial charge in [0.05, 0.1) is 0 Å². The maximum absolute atomic E-state index is 8.70. The summed E-state index contributed by atoms with van der Waals surface area (Å²) < 4.78 is 0. The lowest BCUT2D eigenvalue weighted by molar-refractivity contribution is 0.316. The highest BCUT2D eigenvalue weighted by Crippen LogP contribution is 2.55. The number of rotatable bonds is 0. The average molecular weight is 200 g/mol. The van der Waals surface area contributed by atoms with Crippen LogP contribution >= 0.6 is 10.0 Å². The number of hydrogen-bond acceptors (Lipinski definition) is 1. The predicted molar refractivity (Wildman–Crippen MR) is 60.5 cm³/mol. The van der Waals surface area contributed by atoms with E-state index in [1.54, 1.807) is 0 Å². The van der Waals surface area contributed by atoms with Crippen molar-refractivity contribution in [2.45, 2.75) is 27.2 Å². The second-order valence-electron chi connectivity index (χ2n) is 5.27. The minimum Gasteiger partial charge on any atom is -0.461 e. The van der Waals surface area contributed by atoms with Crippen LogP contribution in [-0.2, 0) is 0 Å². The van der Waals surface area contributed by atoms with Crippen LogP contribution in [0.3, 0.4) is 0 Å². The number of aliphatic hydroxyl groups excluding tert-OH is 1. The summed E-state index contributed by atoms with van der Waals surface area (Å²) in [7, 11) is -0.858. The molecular weight excluding hydrogens is 180 g/mol. The first-order valence-corrected chi connectivity index (χ1v) is 7.14. The Balaban J connectivity index is 2.82. The van der Waals surface area contributed by atoms with E-state index >= 15 is 0 Å². The first-order valence-electron chi connectivity index (χ1n) is 4.76. The number of aliphatic hydroxyl groups is 1. The molecule has 2 atom stereocenters. The topological polar surface area (TPSA) is 20.2 Å². The van der Waals surface area contributed by atoms with Crippen molar-refractivity contribution in [3.8, 4) is 11.4 Å². The van der Waals surface area contributed by atoms with Crippen molar-refractivity contribution >= 4 is 10.0 Å². The summed E-state index contributed by atoms with van der Waals surface area (Å²) >= 11 is 0. The molecule has 1 nitrogen and oxygen atoms in total. The van der Waals surface area contributed by atoms with Crippen molar-refractivity contribution in [1.82, 2.24) is 0 Å². The normalized spacial score (nSPS) is 42.6. The van der Waals surface area contributed by atoms with Gasteiger partial charge in [0.25, 0.3) is 0 Å². The second-order valence-corrected chi connectivity index (χ2v) is 8.65. The van der Waals surface area contributed by atoms with Gasteiger partial charge in [-0.25, -0.2) is 0 Å². The molecule has 0 spiro atoms. The van der Waals surface area contributed by atoms with E-state index in [1.165, 1.54) is 17.9 Å². The quantitative estimate of drug-likeness (QED) is 0.596. The zero-order valence-corrected chi connectivity index (χ0v) is 9.87. The Morgan fingerprint density at radius 2 is 2.08 bits per heavy atom. The lowest BCUT2D eigenvalue weighted by Crippen LogP contribution is -2.32. The highest BCUT2D eigenvalue weighted by Gasteiger charge is 2.35. The van der Waals surface area contributed by atoms with Crippen molar-refractivity contribution in [2.75, 3.05) is 17.8 Å². The van der Waals surface area contributed by atoms with Gasteiger partial charge in [-0.3, -0.25) is 0 Å². The standard InChI is InChI=1S/C11H20OS/c1-10-7-11(2,3)9-13(4,8-10)6-5-12/h10,12H,7-9H2,1-4H3. The summed E-state index contributed by atoms with van der Waals surface area (Å²) in [4.78, 5) is 0. The van der Waals surface area contributed by atoms with Gasteiger partial charge in [-0.05, 0) is 40.8 Å². The van der Waals surface area contributed by atoms with Gasteiger partial charge in [0.15, 0.2) is 0 Å². The smallest absolute Gasteiger partial charge is 0.118 e. The summed E-state index contributed by atoms with van der Waals surface area (Å²) in [5, 5.41) is 11.7. The molecule has 1 saturated heterocycles. The highest BCUT2D eigenvalue weighted by molar-refractivity contribution is 8.37. The lowest BCUT2D eigenvalue weighted by atomic mass is 9.85. The molecule has 0 aromatic heterocycles. The van der Waals surface area contributed by atoms with E-state index in [1.807, 2.05) is 0 Å². The molecule has 1 heterocycles. The second kappa shape index (κ2) is 3.46. The van der Waals surface area contributed by atoms with Crippen LogP contribution in [0.2, 0.25) is 0 Å². The first kappa shape index (κ1) is 10.8. The van der Waals surface area contributed by atoms with Gasteiger partial charge >= 0.3 is 0 Å². The average Bonchev–Trinajstić information content (AvgIpc) is 1.78. The lowest BCUT2D eigenvalue weighted by Gasteiger charge is -2.46. The number of hydrogen-bond donors (Lipinski definition) is 1. The molecule has 0 radical (unpaired) electrons. The van der Waals surface area contributed by atoms with Gasteiger partial charge in [-0.15, -0.1) is 0 Å². The Bertz CT molecular complexity index is 249. The van der Waals surface area contributed by atoms with Crippen LogP contribution in [0.4, 0.5) is 0 Å². The molecule has 1 N–H and O–H groups in total. The molecule has 0 aliphatic carbocycles. The Kier molecular flexibility index (Phi) is 2.87. The summed E-state index contributed by atoms with van der Waals surface area (Å²) in [6, 6.07) is 0. The van der Waals surface area contributed by atoms with Gasteiger partial charge in [-0.1, -0.05) is 20.8 Å². The molecule has 2 unspecified atom stereocenters. The monoisotopic (exact) mass is 200 g/mol. The molecule has 0 bridgehead atoms. The van der Waals surface area contributed by atoms with E-state index in [2.05, 4.69) is 38.4 Å². The fourth-order valence-corrected chi connectivity index (χ4v) is 6.51. The highest BCUT2D eigenvalue weighted by atomic mass is 32.3. The summed E-state index contributed by atoms with van der Waals surface area (Å²) in [6.07, 6.45) is 5.66. The van der Waals surface area contributed by atoms with Crippen LogP contribution in [0.15, 0.2) is 0 Å². The third-order valence-corrected chi connectivity index (χ3v) is 5.86. The maximum Gasteiger partial charge on any atom is 0.118 e. The molecule has 13 heavy (non-hydrogen) atoms. The minimum absolute atomic E-state index is 0.408. The minimum atomic E-state index is -0.858. The van der Waals surface area contributed by atoms with Crippen LogP contribution in [0.1, 0.15) is 27.2 Å². The van der Waals surface area contributed by atoms with Gasteiger partial charge in [0.1, 0.15) is 6.11 Å². The largest absolute Gasteiger partial charge is 0.461 e. The molecular formula is C11H20OS. The van der Waals surface area contributed by atoms with E-state index in [9.17, 15) is 0 Å². The Labute approximate surface area is 83.2 Å².